The Kier molecular flexibility index (Phi) is 7.39. The summed E-state index contributed by atoms with van der Waals surface area (Å²) in [7, 11) is 2.16. The Morgan fingerprint density at radius 2 is 1.89 bits per heavy atom. The number of carbonyl (C=O) groups is 1. The van der Waals surface area contributed by atoms with Crippen molar-refractivity contribution < 1.29 is 9.53 Å². The van der Waals surface area contributed by atoms with Crippen LogP contribution in [0.3, 0.4) is 0 Å². The van der Waals surface area contributed by atoms with E-state index in [4.69, 9.17) is 14.8 Å². The van der Waals surface area contributed by atoms with Crippen LogP contribution in [0.2, 0.25) is 0 Å². The van der Waals surface area contributed by atoms with Gasteiger partial charge in [0.2, 0.25) is 0 Å². The molecule has 2 fully saturated rings. The molecule has 2 aliphatic rings. The van der Waals surface area contributed by atoms with Gasteiger partial charge >= 0.3 is 6.03 Å². The molecule has 3 aromatic rings. The summed E-state index contributed by atoms with van der Waals surface area (Å²) >= 11 is 0. The zero-order valence-electron chi connectivity index (χ0n) is 22.7. The second-order valence-electron chi connectivity index (χ2n) is 10.8. The number of likely N-dealkylation sites (N-methyl/N-ethyl adjacent to an activating group) is 1. The molecule has 1 atom stereocenters. The van der Waals surface area contributed by atoms with Crippen LogP contribution in [0.5, 0.6) is 0 Å². The van der Waals surface area contributed by atoms with Crippen molar-refractivity contribution in [1.29, 1.82) is 0 Å². The fraction of sp³-hybridized carbons (Fsp3) is 0.593. The quantitative estimate of drug-likeness (QED) is 0.508. The van der Waals surface area contributed by atoms with Crippen LogP contribution < -0.4 is 10.2 Å². The van der Waals surface area contributed by atoms with Crippen molar-refractivity contribution in [1.82, 2.24) is 29.5 Å². The third-order valence-electron chi connectivity index (χ3n) is 7.33. The maximum Gasteiger partial charge on any atom is 0.322 e. The Labute approximate surface area is 219 Å². The number of hydrogen-bond acceptors (Lipinski definition) is 6. The van der Waals surface area contributed by atoms with Crippen LogP contribution in [-0.2, 0) is 4.74 Å². The molecule has 10 nitrogen and oxygen atoms in total. The van der Waals surface area contributed by atoms with E-state index in [1.165, 1.54) is 5.69 Å². The Morgan fingerprint density at radius 1 is 1.14 bits per heavy atom. The van der Waals surface area contributed by atoms with E-state index in [2.05, 4.69) is 45.3 Å². The van der Waals surface area contributed by atoms with E-state index in [9.17, 15) is 4.79 Å². The van der Waals surface area contributed by atoms with Gasteiger partial charge in [0.25, 0.3) is 0 Å². The first-order valence-corrected chi connectivity index (χ1v) is 13.5. The molecule has 2 saturated heterocycles. The number of aromatic nitrogens is 4. The number of imidazole rings is 1. The molecular formula is C27H40N8O2. The first-order valence-electron chi connectivity index (χ1n) is 13.5. The predicted octanol–water partition coefficient (Wildman–Crippen LogP) is 4.53. The van der Waals surface area contributed by atoms with E-state index in [0.29, 0.717) is 17.2 Å². The van der Waals surface area contributed by atoms with E-state index >= 15 is 0 Å². The Bertz CT molecular complexity index is 1210. The molecule has 0 radical (unpaired) electrons. The van der Waals surface area contributed by atoms with Gasteiger partial charge in [-0.1, -0.05) is 0 Å². The van der Waals surface area contributed by atoms with Crippen molar-refractivity contribution in [2.45, 2.75) is 65.3 Å². The molecular weight excluding hydrogens is 468 g/mol. The number of urea groups is 1. The van der Waals surface area contributed by atoms with E-state index in [-0.39, 0.29) is 24.3 Å². The molecule has 1 unspecified atom stereocenters. The van der Waals surface area contributed by atoms with Gasteiger partial charge in [-0.2, -0.15) is 5.10 Å². The summed E-state index contributed by atoms with van der Waals surface area (Å²) in [5, 5.41) is 7.99. The summed E-state index contributed by atoms with van der Waals surface area (Å²) in [6.07, 6.45) is 4.79. The molecule has 2 aliphatic heterocycles. The van der Waals surface area contributed by atoms with Crippen molar-refractivity contribution in [2.24, 2.45) is 0 Å². The van der Waals surface area contributed by atoms with Crippen molar-refractivity contribution in [3.05, 3.63) is 24.4 Å². The highest BCUT2D eigenvalue weighted by Gasteiger charge is 2.26. The van der Waals surface area contributed by atoms with E-state index < -0.39 is 0 Å². The zero-order chi connectivity index (χ0) is 26.1. The molecule has 2 aromatic heterocycles. The number of ether oxygens (including phenoxy) is 1. The Hall–Kier alpha value is -3.11. The van der Waals surface area contributed by atoms with Crippen molar-refractivity contribution >= 4 is 28.4 Å². The van der Waals surface area contributed by atoms with E-state index in [1.807, 2.05) is 43.5 Å². The summed E-state index contributed by atoms with van der Waals surface area (Å²) in [6.45, 7) is 12.9. The van der Waals surface area contributed by atoms with Crippen molar-refractivity contribution in [2.75, 3.05) is 50.1 Å². The van der Waals surface area contributed by atoms with Gasteiger partial charge in [0.15, 0.2) is 11.5 Å². The number of benzene rings is 1. The van der Waals surface area contributed by atoms with E-state index in [0.717, 1.165) is 63.1 Å². The summed E-state index contributed by atoms with van der Waals surface area (Å²) in [5.74, 6) is 0.635. The second-order valence-corrected chi connectivity index (χ2v) is 10.8. The average molecular weight is 509 g/mol. The van der Waals surface area contributed by atoms with Crippen LogP contribution in [-0.4, -0.2) is 87.5 Å². The summed E-state index contributed by atoms with van der Waals surface area (Å²) in [4.78, 5) is 28.2. The fourth-order valence-electron chi connectivity index (χ4n) is 5.35. The maximum absolute atomic E-state index is 13.3. The summed E-state index contributed by atoms with van der Waals surface area (Å²) in [6, 6.07) is 6.35. The van der Waals surface area contributed by atoms with Crippen LogP contribution in [0.15, 0.2) is 24.4 Å². The number of H-pyrrole nitrogens is 1. The molecule has 10 heteroatoms. The second kappa shape index (κ2) is 10.7. The van der Waals surface area contributed by atoms with Crippen molar-refractivity contribution in [3.63, 3.8) is 0 Å². The number of fused-ring (bicyclic) bond motifs is 1. The SMILES string of the molecule is CC(C)N(C(=O)Nc1cn(C2CCCCO2)nc1-c1nc2ccc(N3CCN(C)CC3)cc2[nH]1)C(C)C. The van der Waals surface area contributed by atoms with Gasteiger partial charge in [-0.3, -0.25) is 0 Å². The molecule has 0 spiro atoms. The molecule has 4 heterocycles. The van der Waals surface area contributed by atoms with Crippen LogP contribution in [0.25, 0.3) is 22.6 Å². The lowest BCUT2D eigenvalue weighted by Crippen LogP contribution is -2.44. The third-order valence-corrected chi connectivity index (χ3v) is 7.33. The monoisotopic (exact) mass is 508 g/mol. The van der Waals surface area contributed by atoms with Crippen LogP contribution in [0.4, 0.5) is 16.2 Å². The lowest BCUT2D eigenvalue weighted by atomic mass is 10.2. The lowest BCUT2D eigenvalue weighted by molar-refractivity contribution is -0.0393. The van der Waals surface area contributed by atoms with Gasteiger partial charge in [-0.25, -0.2) is 14.5 Å². The highest BCUT2D eigenvalue weighted by molar-refractivity contribution is 5.94. The topological polar surface area (TPSA) is 94.5 Å². The van der Waals surface area contributed by atoms with Crippen molar-refractivity contribution in [3.8, 4) is 11.5 Å². The van der Waals surface area contributed by atoms with E-state index in [1.54, 1.807) is 0 Å². The highest BCUT2D eigenvalue weighted by Crippen LogP contribution is 2.32. The van der Waals surface area contributed by atoms with Gasteiger partial charge in [0, 0.05) is 50.6 Å². The molecule has 37 heavy (non-hydrogen) atoms. The number of amides is 2. The molecule has 2 amide bonds. The third kappa shape index (κ3) is 5.45. The number of piperazine rings is 1. The molecule has 0 bridgehead atoms. The van der Waals surface area contributed by atoms with Gasteiger partial charge < -0.3 is 29.7 Å². The fourth-order valence-corrected chi connectivity index (χ4v) is 5.35. The minimum Gasteiger partial charge on any atom is -0.369 e. The first-order chi connectivity index (χ1) is 17.8. The standard InChI is InChI=1S/C27H40N8O2/c1-18(2)35(19(3)4)27(36)30-23-17-34(24-8-6-7-15-37-24)31-25(23)26-28-21-10-9-20(16-22(21)29-26)33-13-11-32(5)12-14-33/h9-10,16-19,24H,6-8,11-15H2,1-5H3,(H,28,29)(H,30,36). The number of rotatable bonds is 6. The number of carbonyl (C=O) groups excluding carboxylic acids is 1. The maximum atomic E-state index is 13.3. The Balaban J connectivity index is 1.48. The molecule has 1 aromatic carbocycles. The first kappa shape index (κ1) is 25.5. The van der Waals surface area contributed by atoms with Gasteiger partial charge in [-0.15, -0.1) is 0 Å². The molecule has 0 aliphatic carbocycles. The summed E-state index contributed by atoms with van der Waals surface area (Å²) < 4.78 is 7.82. The number of hydrogen-bond donors (Lipinski definition) is 2. The molecule has 200 valence electrons. The van der Waals surface area contributed by atoms with Crippen LogP contribution >= 0.6 is 0 Å². The number of nitrogens with one attached hydrogen (secondary N) is 2. The number of nitrogens with zero attached hydrogens (tertiary/aromatic N) is 6. The zero-order valence-corrected chi connectivity index (χ0v) is 22.7. The molecule has 0 saturated carbocycles. The van der Waals surface area contributed by atoms with Crippen LogP contribution in [0.1, 0.15) is 53.2 Å². The number of aromatic amines is 1. The smallest absolute Gasteiger partial charge is 0.322 e. The normalized spacial score (nSPS) is 19.2. The van der Waals surface area contributed by atoms with Gasteiger partial charge in [0.05, 0.1) is 22.9 Å². The molecule has 2 N–H and O–H groups in total. The number of anilines is 2. The highest BCUT2D eigenvalue weighted by atomic mass is 16.5. The van der Waals surface area contributed by atoms with Gasteiger partial charge in [-0.05, 0) is 72.2 Å². The molecule has 5 rings (SSSR count). The average Bonchev–Trinajstić information content (AvgIpc) is 3.48. The predicted molar refractivity (Wildman–Crippen MR) is 147 cm³/mol. The largest absolute Gasteiger partial charge is 0.369 e. The summed E-state index contributed by atoms with van der Waals surface area (Å²) in [5.41, 5.74) is 4.27. The Morgan fingerprint density at radius 3 is 2.57 bits per heavy atom. The van der Waals surface area contributed by atoms with Crippen LogP contribution in [0, 0.1) is 0 Å². The lowest BCUT2D eigenvalue weighted by Gasteiger charge is -2.34. The minimum absolute atomic E-state index is 0.0689. The van der Waals surface area contributed by atoms with Gasteiger partial charge in [0.1, 0.15) is 6.23 Å². The minimum atomic E-state index is -0.149.